The Labute approximate surface area is 115 Å². The lowest BCUT2D eigenvalue weighted by molar-refractivity contribution is 0.305. The molecule has 108 valence electrons. The smallest absolute Gasteiger partial charge is 0.177 e. The summed E-state index contributed by atoms with van der Waals surface area (Å²) in [5.41, 5.74) is 6.03. The number of unbranched alkanes of at least 4 members (excludes halogenated alkanes) is 4. The minimum Gasteiger partial charge on any atom is -0.491 e. The molecule has 4 nitrogen and oxygen atoms in total. The van der Waals surface area contributed by atoms with Gasteiger partial charge in [-0.25, -0.2) is 8.42 Å². The first-order valence-electron chi connectivity index (χ1n) is 6.68. The molecule has 0 aromatic heterocycles. The number of nitrogens with two attached hydrogens (primary N) is 1. The molecule has 0 aliphatic heterocycles. The SMILES string of the molecule is CCCCCCCOc1cccc(S(C)(=O)=O)c1N. The summed E-state index contributed by atoms with van der Waals surface area (Å²) in [5.74, 6) is 0.457. The third-order valence-corrected chi connectivity index (χ3v) is 4.09. The fraction of sp³-hybridized carbons (Fsp3) is 0.571. The maximum Gasteiger partial charge on any atom is 0.177 e. The molecule has 0 spiro atoms. The van der Waals surface area contributed by atoms with Gasteiger partial charge in [0.2, 0.25) is 0 Å². The Balaban J connectivity index is 2.56. The third kappa shape index (κ3) is 5.11. The molecule has 1 rings (SSSR count). The van der Waals surface area contributed by atoms with Gasteiger partial charge in [0.25, 0.3) is 0 Å². The normalized spacial score (nSPS) is 11.5. The van der Waals surface area contributed by atoms with Gasteiger partial charge >= 0.3 is 0 Å². The van der Waals surface area contributed by atoms with Crippen LogP contribution in [0.2, 0.25) is 0 Å². The highest BCUT2D eigenvalue weighted by molar-refractivity contribution is 7.90. The summed E-state index contributed by atoms with van der Waals surface area (Å²) in [7, 11) is -3.30. The predicted octanol–water partition coefficient (Wildman–Crippen LogP) is 3.02. The zero-order chi connectivity index (χ0) is 14.3. The summed E-state index contributed by atoms with van der Waals surface area (Å²) in [6.07, 6.45) is 6.89. The molecular weight excluding hydrogens is 262 g/mol. The van der Waals surface area contributed by atoms with Crippen LogP contribution in [0.4, 0.5) is 5.69 Å². The van der Waals surface area contributed by atoms with E-state index in [1.807, 2.05) is 0 Å². The molecule has 19 heavy (non-hydrogen) atoms. The first-order valence-corrected chi connectivity index (χ1v) is 8.57. The highest BCUT2D eigenvalue weighted by atomic mass is 32.2. The van der Waals surface area contributed by atoms with Crippen LogP contribution in [-0.4, -0.2) is 21.3 Å². The van der Waals surface area contributed by atoms with E-state index in [0.717, 1.165) is 19.1 Å². The van der Waals surface area contributed by atoms with Crippen molar-refractivity contribution in [3.63, 3.8) is 0 Å². The Morgan fingerprint density at radius 1 is 1.16 bits per heavy atom. The first kappa shape index (κ1) is 15.8. The fourth-order valence-corrected chi connectivity index (χ4v) is 2.69. The predicted molar refractivity (Wildman–Crippen MR) is 78.2 cm³/mol. The zero-order valence-corrected chi connectivity index (χ0v) is 12.5. The number of para-hydroxylation sites is 1. The van der Waals surface area contributed by atoms with E-state index in [0.29, 0.717) is 12.4 Å². The van der Waals surface area contributed by atoms with Crippen LogP contribution in [0.5, 0.6) is 5.75 Å². The Morgan fingerprint density at radius 3 is 2.47 bits per heavy atom. The minimum atomic E-state index is -3.30. The van der Waals surface area contributed by atoms with E-state index in [1.165, 1.54) is 25.3 Å². The Hall–Kier alpha value is -1.23. The van der Waals surface area contributed by atoms with Crippen molar-refractivity contribution in [1.82, 2.24) is 0 Å². The van der Waals surface area contributed by atoms with Gasteiger partial charge in [-0.3, -0.25) is 0 Å². The summed E-state index contributed by atoms with van der Waals surface area (Å²) < 4.78 is 28.6. The molecular formula is C14H23NO3S. The Kier molecular flexibility index (Phi) is 6.15. The highest BCUT2D eigenvalue weighted by Gasteiger charge is 2.14. The molecule has 0 unspecified atom stereocenters. The minimum absolute atomic E-state index is 0.135. The number of hydrogen-bond donors (Lipinski definition) is 1. The van der Waals surface area contributed by atoms with Crippen LogP contribution < -0.4 is 10.5 Å². The average Bonchev–Trinajstić information content (AvgIpc) is 2.34. The topological polar surface area (TPSA) is 69.4 Å². The highest BCUT2D eigenvalue weighted by Crippen LogP contribution is 2.28. The number of sulfone groups is 1. The van der Waals surface area contributed by atoms with Crippen LogP contribution in [0, 0.1) is 0 Å². The van der Waals surface area contributed by atoms with Gasteiger partial charge in [0.15, 0.2) is 9.84 Å². The molecule has 2 N–H and O–H groups in total. The molecule has 5 heteroatoms. The summed E-state index contributed by atoms with van der Waals surface area (Å²) in [5, 5.41) is 0. The van der Waals surface area contributed by atoms with Crippen molar-refractivity contribution in [3.05, 3.63) is 18.2 Å². The van der Waals surface area contributed by atoms with Gasteiger partial charge < -0.3 is 10.5 Å². The Bertz CT molecular complexity index is 497. The van der Waals surface area contributed by atoms with E-state index in [9.17, 15) is 8.42 Å². The molecule has 1 aromatic carbocycles. The number of nitrogen functional groups attached to an aromatic ring is 1. The van der Waals surface area contributed by atoms with E-state index in [-0.39, 0.29) is 10.6 Å². The van der Waals surface area contributed by atoms with Crippen molar-refractivity contribution < 1.29 is 13.2 Å². The van der Waals surface area contributed by atoms with Gasteiger partial charge in [0.05, 0.1) is 17.2 Å². The van der Waals surface area contributed by atoms with E-state index in [4.69, 9.17) is 10.5 Å². The van der Waals surface area contributed by atoms with Crippen molar-refractivity contribution in [1.29, 1.82) is 0 Å². The molecule has 0 aliphatic rings. The number of anilines is 1. The summed E-state index contributed by atoms with van der Waals surface area (Å²) >= 11 is 0. The number of benzene rings is 1. The molecule has 0 radical (unpaired) electrons. The van der Waals surface area contributed by atoms with Gasteiger partial charge in [-0.05, 0) is 18.6 Å². The van der Waals surface area contributed by atoms with Crippen LogP contribution >= 0.6 is 0 Å². The van der Waals surface area contributed by atoms with E-state index in [1.54, 1.807) is 12.1 Å². The van der Waals surface area contributed by atoms with Crippen molar-refractivity contribution in [2.75, 3.05) is 18.6 Å². The molecule has 0 atom stereocenters. The molecule has 1 aromatic rings. The summed E-state index contributed by atoms with van der Waals surface area (Å²) in [6.45, 7) is 2.75. The van der Waals surface area contributed by atoms with Gasteiger partial charge in [-0.15, -0.1) is 0 Å². The van der Waals surface area contributed by atoms with Crippen molar-refractivity contribution in [2.45, 2.75) is 43.9 Å². The quantitative estimate of drug-likeness (QED) is 0.589. The zero-order valence-electron chi connectivity index (χ0n) is 11.7. The molecule has 0 fully saturated rings. The molecule has 0 bridgehead atoms. The second-order valence-electron chi connectivity index (χ2n) is 4.70. The lowest BCUT2D eigenvalue weighted by atomic mass is 10.2. The fourth-order valence-electron chi connectivity index (χ4n) is 1.86. The maximum atomic E-state index is 11.5. The van der Waals surface area contributed by atoms with Crippen molar-refractivity contribution in [2.24, 2.45) is 0 Å². The van der Waals surface area contributed by atoms with Crippen LogP contribution in [0.1, 0.15) is 39.0 Å². The second-order valence-corrected chi connectivity index (χ2v) is 6.69. The lowest BCUT2D eigenvalue weighted by Gasteiger charge is -2.11. The second kappa shape index (κ2) is 7.38. The van der Waals surface area contributed by atoms with Gasteiger partial charge in [-0.2, -0.15) is 0 Å². The Morgan fingerprint density at radius 2 is 1.84 bits per heavy atom. The molecule has 0 aliphatic carbocycles. The van der Waals surface area contributed by atoms with Gasteiger partial charge in [0, 0.05) is 6.26 Å². The number of hydrogen-bond acceptors (Lipinski definition) is 4. The van der Waals surface area contributed by atoms with Crippen LogP contribution in [-0.2, 0) is 9.84 Å². The van der Waals surface area contributed by atoms with Gasteiger partial charge in [-0.1, -0.05) is 38.7 Å². The van der Waals surface area contributed by atoms with Gasteiger partial charge in [0.1, 0.15) is 5.75 Å². The summed E-state index contributed by atoms with van der Waals surface area (Å²) in [6, 6.07) is 4.86. The van der Waals surface area contributed by atoms with Crippen molar-refractivity contribution >= 4 is 15.5 Å². The monoisotopic (exact) mass is 285 g/mol. The van der Waals surface area contributed by atoms with E-state index in [2.05, 4.69) is 6.92 Å². The first-order chi connectivity index (χ1) is 8.96. The standard InChI is InChI=1S/C14H23NO3S/c1-3-4-5-6-7-11-18-12-9-8-10-13(14(12)15)19(2,16)17/h8-10H,3-7,11,15H2,1-2H3. The van der Waals surface area contributed by atoms with E-state index >= 15 is 0 Å². The lowest BCUT2D eigenvalue weighted by Crippen LogP contribution is -2.06. The summed E-state index contributed by atoms with van der Waals surface area (Å²) in [4.78, 5) is 0.135. The molecule has 0 saturated carbocycles. The largest absolute Gasteiger partial charge is 0.491 e. The van der Waals surface area contributed by atoms with Crippen LogP contribution in [0.3, 0.4) is 0 Å². The third-order valence-electron chi connectivity index (χ3n) is 2.93. The maximum absolute atomic E-state index is 11.5. The van der Waals surface area contributed by atoms with E-state index < -0.39 is 9.84 Å². The van der Waals surface area contributed by atoms with Crippen LogP contribution in [0.25, 0.3) is 0 Å². The molecule has 0 heterocycles. The molecule has 0 saturated heterocycles. The van der Waals surface area contributed by atoms with Crippen LogP contribution in [0.15, 0.2) is 23.1 Å². The molecule has 0 amide bonds. The number of rotatable bonds is 8. The average molecular weight is 285 g/mol. The number of ether oxygens (including phenoxy) is 1. The van der Waals surface area contributed by atoms with Crippen molar-refractivity contribution in [3.8, 4) is 5.75 Å².